The van der Waals surface area contributed by atoms with Crippen molar-refractivity contribution in [2.24, 2.45) is 5.73 Å². The summed E-state index contributed by atoms with van der Waals surface area (Å²) < 4.78 is 33.4. The van der Waals surface area contributed by atoms with E-state index in [1.54, 1.807) is 10.9 Å². The van der Waals surface area contributed by atoms with Gasteiger partial charge in [-0.15, -0.1) is 0 Å². The van der Waals surface area contributed by atoms with E-state index in [2.05, 4.69) is 15.0 Å². The minimum absolute atomic E-state index is 0.331. The van der Waals surface area contributed by atoms with Crippen LogP contribution in [0.3, 0.4) is 0 Å². The number of fused-ring (bicyclic) bond motifs is 3. The van der Waals surface area contributed by atoms with Gasteiger partial charge in [0.05, 0.1) is 5.69 Å². The zero-order chi connectivity index (χ0) is 24.2. The van der Waals surface area contributed by atoms with E-state index in [0.29, 0.717) is 24.7 Å². The van der Waals surface area contributed by atoms with Crippen molar-refractivity contribution in [3.8, 4) is 11.3 Å². The summed E-state index contributed by atoms with van der Waals surface area (Å²) >= 11 is 0. The van der Waals surface area contributed by atoms with E-state index < -0.39 is 18.1 Å². The number of rotatable bonds is 5. The van der Waals surface area contributed by atoms with Crippen molar-refractivity contribution >= 4 is 11.9 Å². The summed E-state index contributed by atoms with van der Waals surface area (Å²) in [7, 11) is 0. The van der Waals surface area contributed by atoms with Gasteiger partial charge in [-0.1, -0.05) is 0 Å². The molecular weight excluding hydrogens is 443 g/mol. The number of aryl methyl sites for hydroxylation is 2. The second-order valence-corrected chi connectivity index (χ2v) is 8.07. The molecule has 2 aliphatic rings. The fourth-order valence-corrected chi connectivity index (χ4v) is 4.09. The van der Waals surface area contributed by atoms with Crippen LogP contribution in [0.25, 0.3) is 11.3 Å². The van der Waals surface area contributed by atoms with Crippen LogP contribution < -0.4 is 5.73 Å². The van der Waals surface area contributed by atoms with Gasteiger partial charge in [-0.2, -0.15) is 18.3 Å². The van der Waals surface area contributed by atoms with Gasteiger partial charge in [0.15, 0.2) is 0 Å². The largest absolute Gasteiger partial charge is 0.490 e. The summed E-state index contributed by atoms with van der Waals surface area (Å²) in [5, 5.41) is 21.5. The Balaban J connectivity index is 0.000000383. The molecule has 1 saturated heterocycles. The number of piperidine rings is 1. The monoisotopic (exact) mass is 469 g/mol. The third-order valence-corrected chi connectivity index (χ3v) is 5.78. The van der Waals surface area contributed by atoms with E-state index in [0.717, 1.165) is 67.7 Å². The van der Waals surface area contributed by atoms with E-state index in [1.807, 2.05) is 12.3 Å². The van der Waals surface area contributed by atoms with E-state index in [4.69, 9.17) is 15.6 Å². The second-order valence-electron chi connectivity index (χ2n) is 8.07. The Morgan fingerprint density at radius 2 is 1.82 bits per heavy atom. The fraction of sp³-hybridized carbons (Fsp3) is 0.524. The number of carboxylic acids is 2. The molecular formula is C21H26F3N5O4. The van der Waals surface area contributed by atoms with Crippen LogP contribution in [0.15, 0.2) is 18.5 Å². The van der Waals surface area contributed by atoms with Crippen molar-refractivity contribution in [3.05, 3.63) is 35.3 Å². The Kier molecular flexibility index (Phi) is 7.69. The lowest BCUT2D eigenvalue weighted by Gasteiger charge is -2.29. The predicted octanol–water partition coefficient (Wildman–Crippen LogP) is 2.19. The minimum atomic E-state index is -5.08. The van der Waals surface area contributed by atoms with Crippen LogP contribution >= 0.6 is 0 Å². The molecule has 12 heteroatoms. The lowest BCUT2D eigenvalue weighted by Crippen LogP contribution is -2.40. The maximum Gasteiger partial charge on any atom is 0.490 e. The third-order valence-electron chi connectivity index (χ3n) is 5.78. The molecule has 0 bridgehead atoms. The number of likely N-dealkylation sites (tertiary alicyclic amines) is 1. The highest BCUT2D eigenvalue weighted by Crippen LogP contribution is 2.34. The number of nitrogens with two attached hydrogens (primary N) is 1. The van der Waals surface area contributed by atoms with Crippen molar-refractivity contribution in [1.29, 1.82) is 0 Å². The standard InChI is InChI=1S/C19H25N5O2.C2HF3O2/c20-14-5-10-23(11-6-14)8-1-9-24-18(19(25)26)16-3-2-13-12-21-7-4-15(13)17(16)22-24;3-2(4,5)1(6)7/h4,7,12,14H,1-3,5-6,8-11,20H2,(H,25,26);(H,6,7). The number of aliphatic carboxylic acids is 1. The topological polar surface area (TPSA) is 135 Å². The highest BCUT2D eigenvalue weighted by molar-refractivity contribution is 5.90. The molecule has 33 heavy (non-hydrogen) atoms. The molecule has 1 aliphatic carbocycles. The molecule has 180 valence electrons. The molecule has 1 aliphatic heterocycles. The van der Waals surface area contributed by atoms with E-state index in [9.17, 15) is 23.1 Å². The first-order valence-corrected chi connectivity index (χ1v) is 10.6. The molecule has 0 saturated carbocycles. The fourth-order valence-electron chi connectivity index (χ4n) is 4.09. The molecule has 4 N–H and O–H groups in total. The zero-order valence-corrected chi connectivity index (χ0v) is 17.9. The first-order chi connectivity index (χ1) is 15.6. The number of alkyl halides is 3. The molecule has 1 fully saturated rings. The van der Waals surface area contributed by atoms with E-state index in [1.165, 1.54) is 0 Å². The number of hydrogen-bond donors (Lipinski definition) is 3. The Morgan fingerprint density at radius 1 is 1.15 bits per heavy atom. The van der Waals surface area contributed by atoms with E-state index in [-0.39, 0.29) is 0 Å². The van der Waals surface area contributed by atoms with Gasteiger partial charge in [-0.3, -0.25) is 9.67 Å². The number of carbonyl (C=O) groups is 2. The SMILES string of the molecule is NC1CCN(CCCn2nc3c(c2C(=O)O)CCc2cnccc2-3)CC1.O=C(O)C(F)(F)F. The molecule has 9 nitrogen and oxygen atoms in total. The number of pyridine rings is 1. The van der Waals surface area contributed by atoms with Crippen LogP contribution in [-0.4, -0.2) is 73.7 Å². The molecule has 0 aromatic carbocycles. The van der Waals surface area contributed by atoms with Gasteiger partial charge < -0.3 is 20.8 Å². The number of nitrogens with zero attached hydrogens (tertiary/aromatic N) is 4. The summed E-state index contributed by atoms with van der Waals surface area (Å²) in [5.74, 6) is -3.65. The van der Waals surface area contributed by atoms with Gasteiger partial charge in [0.2, 0.25) is 0 Å². The van der Waals surface area contributed by atoms with Crippen LogP contribution in [0.2, 0.25) is 0 Å². The Labute approximate surface area is 188 Å². The molecule has 2 aromatic rings. The van der Waals surface area contributed by atoms with Crippen molar-refractivity contribution in [1.82, 2.24) is 19.7 Å². The Bertz CT molecular complexity index is 1000. The van der Waals surface area contributed by atoms with Crippen LogP contribution in [0.4, 0.5) is 13.2 Å². The summed E-state index contributed by atoms with van der Waals surface area (Å²) in [4.78, 5) is 27.4. The van der Waals surface area contributed by atoms with Crippen LogP contribution in [0, 0.1) is 0 Å². The quantitative estimate of drug-likeness (QED) is 0.607. The normalized spacial score (nSPS) is 16.4. The summed E-state index contributed by atoms with van der Waals surface area (Å²) in [5.41, 5.74) is 10.1. The summed E-state index contributed by atoms with van der Waals surface area (Å²) in [6, 6.07) is 2.27. The number of aromatic carboxylic acids is 1. The molecule has 3 heterocycles. The van der Waals surface area contributed by atoms with Crippen LogP contribution in [-0.2, 0) is 24.2 Å². The van der Waals surface area contributed by atoms with Gasteiger partial charge in [-0.05, 0) is 63.4 Å². The van der Waals surface area contributed by atoms with Gasteiger partial charge >= 0.3 is 18.1 Å². The maximum atomic E-state index is 11.9. The van der Waals surface area contributed by atoms with Crippen molar-refractivity contribution in [2.75, 3.05) is 19.6 Å². The molecule has 0 radical (unpaired) electrons. The predicted molar refractivity (Wildman–Crippen MR) is 112 cm³/mol. The van der Waals surface area contributed by atoms with Crippen molar-refractivity contribution in [3.63, 3.8) is 0 Å². The number of halogens is 3. The number of carboxylic acid groups (broad SMARTS) is 2. The minimum Gasteiger partial charge on any atom is -0.477 e. The van der Waals surface area contributed by atoms with Gasteiger partial charge in [0.25, 0.3) is 0 Å². The first-order valence-electron chi connectivity index (χ1n) is 10.6. The average molecular weight is 469 g/mol. The second kappa shape index (κ2) is 10.3. The zero-order valence-electron chi connectivity index (χ0n) is 17.9. The number of aromatic nitrogens is 3. The van der Waals surface area contributed by atoms with Gasteiger partial charge in [0, 0.05) is 36.1 Å². The van der Waals surface area contributed by atoms with Gasteiger partial charge in [0.1, 0.15) is 5.69 Å². The van der Waals surface area contributed by atoms with Crippen LogP contribution in [0.5, 0.6) is 0 Å². The third kappa shape index (κ3) is 6.08. The average Bonchev–Trinajstić information content (AvgIpc) is 3.14. The highest BCUT2D eigenvalue weighted by atomic mass is 19.4. The molecule has 0 amide bonds. The highest BCUT2D eigenvalue weighted by Gasteiger charge is 2.38. The molecule has 0 unspecified atom stereocenters. The van der Waals surface area contributed by atoms with Crippen molar-refractivity contribution in [2.45, 2.75) is 50.9 Å². The molecule has 4 rings (SSSR count). The number of hydrogen-bond acceptors (Lipinski definition) is 6. The Morgan fingerprint density at radius 3 is 2.42 bits per heavy atom. The van der Waals surface area contributed by atoms with Gasteiger partial charge in [-0.25, -0.2) is 9.59 Å². The first kappa shape index (κ1) is 24.6. The van der Waals surface area contributed by atoms with E-state index >= 15 is 0 Å². The molecule has 0 spiro atoms. The maximum absolute atomic E-state index is 11.9. The Hall–Kier alpha value is -2.99. The lowest BCUT2D eigenvalue weighted by atomic mass is 9.90. The summed E-state index contributed by atoms with van der Waals surface area (Å²) in [6.07, 6.45) is 3.02. The smallest absolute Gasteiger partial charge is 0.477 e. The lowest BCUT2D eigenvalue weighted by molar-refractivity contribution is -0.192. The summed E-state index contributed by atoms with van der Waals surface area (Å²) in [6.45, 7) is 3.64. The van der Waals surface area contributed by atoms with Crippen LogP contribution in [0.1, 0.15) is 40.9 Å². The van der Waals surface area contributed by atoms with Crippen molar-refractivity contribution < 1.29 is 33.0 Å². The molecule has 0 atom stereocenters. The molecule has 2 aromatic heterocycles.